The fourth-order valence-corrected chi connectivity index (χ4v) is 4.95. The van der Waals surface area contributed by atoms with Crippen LogP contribution in [0.5, 0.6) is 0 Å². The third-order valence-corrected chi connectivity index (χ3v) is 7.37. The predicted octanol–water partition coefficient (Wildman–Crippen LogP) is 3.72. The summed E-state index contributed by atoms with van der Waals surface area (Å²) in [6.45, 7) is 1.72. The van der Waals surface area contributed by atoms with Gasteiger partial charge in [-0.05, 0) is 55.2 Å². The number of nitrogens with zero attached hydrogens (tertiary/aromatic N) is 8. The second-order valence-electron chi connectivity index (χ2n) is 9.74. The highest BCUT2D eigenvalue weighted by atomic mass is 16.1. The molecule has 0 spiro atoms. The third kappa shape index (κ3) is 3.52. The fourth-order valence-electron chi connectivity index (χ4n) is 4.95. The van der Waals surface area contributed by atoms with E-state index in [0.29, 0.717) is 11.5 Å². The van der Waals surface area contributed by atoms with Gasteiger partial charge in [-0.1, -0.05) is 30.3 Å². The molecule has 4 aromatic heterocycles. The average Bonchev–Trinajstić information content (AvgIpc) is 3.40. The van der Waals surface area contributed by atoms with Crippen LogP contribution in [0.1, 0.15) is 37.2 Å². The molecule has 1 amide bonds. The normalized spacial score (nSPS) is 15.1. The molecule has 7 rings (SSSR count). The number of pyridine rings is 1. The predicted molar refractivity (Wildman–Crippen MR) is 141 cm³/mol. The summed E-state index contributed by atoms with van der Waals surface area (Å²) in [7, 11) is 0. The highest BCUT2D eigenvalue weighted by Gasteiger charge is 2.50. The zero-order valence-electron chi connectivity index (χ0n) is 20.6. The van der Waals surface area contributed by atoms with E-state index in [4.69, 9.17) is 10.8 Å². The van der Waals surface area contributed by atoms with E-state index in [1.54, 1.807) is 34.7 Å². The highest BCUT2D eigenvalue weighted by molar-refractivity contribution is 5.80. The maximum atomic E-state index is 11.6. The summed E-state index contributed by atoms with van der Waals surface area (Å²) >= 11 is 0. The molecule has 0 aliphatic heterocycles. The second kappa shape index (κ2) is 8.27. The van der Waals surface area contributed by atoms with Crippen molar-refractivity contribution in [2.24, 2.45) is 5.73 Å². The summed E-state index contributed by atoms with van der Waals surface area (Å²) in [4.78, 5) is 20.6. The molecule has 0 radical (unpaired) electrons. The van der Waals surface area contributed by atoms with Crippen LogP contribution in [0.15, 0.2) is 79.4 Å². The lowest BCUT2D eigenvalue weighted by Crippen LogP contribution is -2.24. The number of primary amides is 1. The standard InChI is InChI=1S/C28H23N9O/c1-17(25(29)38)36-16-21(14-32-36)18-4-2-5-19(12-18)24-15-31-27-34-33-26(37(27)35-24)28(9-10-28)22-7-8-23-20(13-22)6-3-11-30-23/h2-8,11-17H,9-10H2,1H3,(H2,29,38). The number of nitrogens with two attached hydrogens (primary N) is 1. The van der Waals surface area contributed by atoms with Crippen molar-refractivity contribution in [2.75, 3.05) is 0 Å². The van der Waals surface area contributed by atoms with Crippen molar-refractivity contribution >= 4 is 22.6 Å². The minimum Gasteiger partial charge on any atom is -0.368 e. The number of amides is 1. The number of hydrogen-bond acceptors (Lipinski definition) is 7. The summed E-state index contributed by atoms with van der Waals surface area (Å²) in [6.07, 6.45) is 9.00. The topological polar surface area (TPSA) is 130 Å². The van der Waals surface area contributed by atoms with Crippen LogP contribution in [-0.4, -0.2) is 45.5 Å². The van der Waals surface area contributed by atoms with Gasteiger partial charge in [0.05, 0.1) is 23.3 Å². The fraction of sp³-hybridized carbons (Fsp3) is 0.179. The Balaban J connectivity index is 1.27. The Labute approximate surface area is 217 Å². The van der Waals surface area contributed by atoms with Gasteiger partial charge in [-0.2, -0.15) is 14.7 Å². The molecule has 6 aromatic rings. The number of benzene rings is 2. The van der Waals surface area contributed by atoms with Crippen LogP contribution in [0, 0.1) is 0 Å². The Hall–Kier alpha value is -4.99. The molecule has 1 saturated carbocycles. The molecule has 10 nitrogen and oxygen atoms in total. The van der Waals surface area contributed by atoms with Crippen LogP contribution in [0.2, 0.25) is 0 Å². The molecule has 2 aromatic carbocycles. The van der Waals surface area contributed by atoms with Gasteiger partial charge in [-0.25, -0.2) is 4.98 Å². The number of hydrogen-bond donors (Lipinski definition) is 1. The van der Waals surface area contributed by atoms with Crippen LogP contribution in [0.25, 0.3) is 39.1 Å². The van der Waals surface area contributed by atoms with Gasteiger partial charge < -0.3 is 5.73 Å². The molecular formula is C28H23N9O. The van der Waals surface area contributed by atoms with Gasteiger partial charge in [0.1, 0.15) is 11.7 Å². The maximum Gasteiger partial charge on any atom is 0.271 e. The first-order chi connectivity index (χ1) is 18.5. The van der Waals surface area contributed by atoms with Crippen molar-refractivity contribution in [2.45, 2.75) is 31.2 Å². The van der Waals surface area contributed by atoms with Crippen LogP contribution < -0.4 is 5.73 Å². The lowest BCUT2D eigenvalue weighted by Gasteiger charge is -2.14. The number of aromatic nitrogens is 8. The van der Waals surface area contributed by atoms with E-state index >= 15 is 0 Å². The van der Waals surface area contributed by atoms with E-state index in [9.17, 15) is 4.79 Å². The molecule has 1 fully saturated rings. The number of carbonyl (C=O) groups is 1. The Bertz CT molecular complexity index is 1850. The quantitative estimate of drug-likeness (QED) is 0.368. The second-order valence-corrected chi connectivity index (χ2v) is 9.74. The van der Waals surface area contributed by atoms with E-state index in [0.717, 1.165) is 46.3 Å². The van der Waals surface area contributed by atoms with Crippen LogP contribution in [-0.2, 0) is 10.2 Å². The van der Waals surface area contributed by atoms with Crippen molar-refractivity contribution in [3.63, 3.8) is 0 Å². The molecule has 2 N–H and O–H groups in total. The first kappa shape index (κ1) is 22.2. The number of fused-ring (bicyclic) bond motifs is 2. The molecule has 10 heteroatoms. The molecule has 1 aliphatic rings. The molecule has 0 saturated heterocycles. The van der Waals surface area contributed by atoms with Gasteiger partial charge in [-0.3, -0.25) is 14.5 Å². The summed E-state index contributed by atoms with van der Waals surface area (Å²) in [5.41, 5.74) is 10.8. The molecular weight excluding hydrogens is 478 g/mol. The first-order valence-corrected chi connectivity index (χ1v) is 12.4. The van der Waals surface area contributed by atoms with E-state index in [1.807, 2.05) is 36.5 Å². The molecule has 1 unspecified atom stereocenters. The van der Waals surface area contributed by atoms with E-state index in [2.05, 4.69) is 49.5 Å². The first-order valence-electron chi connectivity index (χ1n) is 12.4. The van der Waals surface area contributed by atoms with E-state index in [1.165, 1.54) is 5.56 Å². The van der Waals surface area contributed by atoms with Gasteiger partial charge in [0, 0.05) is 28.9 Å². The summed E-state index contributed by atoms with van der Waals surface area (Å²) < 4.78 is 3.34. The Morgan fingerprint density at radius 3 is 2.68 bits per heavy atom. The van der Waals surface area contributed by atoms with E-state index in [-0.39, 0.29) is 5.41 Å². The van der Waals surface area contributed by atoms with Crippen LogP contribution in [0.4, 0.5) is 0 Å². The largest absolute Gasteiger partial charge is 0.368 e. The summed E-state index contributed by atoms with van der Waals surface area (Å²) in [5.74, 6) is 0.828. The molecule has 1 aliphatic carbocycles. The Morgan fingerprint density at radius 2 is 1.84 bits per heavy atom. The zero-order valence-corrected chi connectivity index (χ0v) is 20.6. The zero-order chi connectivity index (χ0) is 25.9. The van der Waals surface area contributed by atoms with Gasteiger partial charge in [0.25, 0.3) is 5.78 Å². The van der Waals surface area contributed by atoms with Crippen molar-refractivity contribution in [1.29, 1.82) is 0 Å². The van der Waals surface area contributed by atoms with Crippen LogP contribution >= 0.6 is 0 Å². The lowest BCUT2D eigenvalue weighted by molar-refractivity contribution is -0.120. The summed E-state index contributed by atoms with van der Waals surface area (Å²) in [5, 5.41) is 19.2. The minimum atomic E-state index is -0.527. The highest BCUT2D eigenvalue weighted by Crippen LogP contribution is 2.53. The van der Waals surface area contributed by atoms with E-state index < -0.39 is 11.9 Å². The molecule has 4 heterocycles. The van der Waals surface area contributed by atoms with Crippen LogP contribution in [0.3, 0.4) is 0 Å². The Morgan fingerprint density at radius 1 is 0.974 bits per heavy atom. The minimum absolute atomic E-state index is 0.246. The summed E-state index contributed by atoms with van der Waals surface area (Å²) in [6, 6.07) is 17.8. The lowest BCUT2D eigenvalue weighted by atomic mass is 9.94. The monoisotopic (exact) mass is 501 g/mol. The molecule has 38 heavy (non-hydrogen) atoms. The third-order valence-electron chi connectivity index (χ3n) is 7.37. The van der Waals surface area contributed by atoms with Gasteiger partial charge in [-0.15, -0.1) is 10.2 Å². The smallest absolute Gasteiger partial charge is 0.271 e. The molecule has 186 valence electrons. The Kier molecular flexibility index (Phi) is 4.84. The van der Waals surface area contributed by atoms with Crippen molar-refractivity contribution in [1.82, 2.24) is 39.6 Å². The number of rotatable bonds is 6. The maximum absolute atomic E-state index is 11.6. The van der Waals surface area contributed by atoms with Gasteiger partial charge in [0.2, 0.25) is 5.91 Å². The average molecular weight is 502 g/mol. The van der Waals surface area contributed by atoms with Gasteiger partial charge in [0.15, 0.2) is 5.82 Å². The number of carbonyl (C=O) groups excluding carboxylic acids is 1. The van der Waals surface area contributed by atoms with Crippen molar-refractivity contribution in [3.05, 3.63) is 90.8 Å². The van der Waals surface area contributed by atoms with Crippen molar-refractivity contribution < 1.29 is 4.79 Å². The van der Waals surface area contributed by atoms with Crippen molar-refractivity contribution in [3.8, 4) is 22.4 Å². The van der Waals surface area contributed by atoms with Gasteiger partial charge >= 0.3 is 0 Å². The SMILES string of the molecule is CC(C(N)=O)n1cc(-c2cccc(-c3cnc4nnc(C5(c6ccc7ncccc7c6)CC5)n4n3)c2)cn1. The molecule has 1 atom stereocenters. The molecule has 0 bridgehead atoms.